The fourth-order valence-electron chi connectivity index (χ4n) is 3.41. The maximum atomic E-state index is 12.1. The Morgan fingerprint density at radius 2 is 1.56 bits per heavy atom. The summed E-state index contributed by atoms with van der Waals surface area (Å²) in [5.74, 6) is -0.260. The van der Waals surface area contributed by atoms with Crippen molar-refractivity contribution in [3.05, 3.63) is 29.8 Å². The molecule has 7 heteroatoms. The fraction of sp³-hybridized carbons (Fsp3) is 0.640. The first-order chi connectivity index (χ1) is 15.6. The SMILES string of the molecule is CCCCCCCCCCCCCC(=O)NC(=S)Nc1cccc(C(=O)NCCOC)c1. The molecule has 0 aliphatic carbocycles. The Labute approximate surface area is 199 Å². The maximum absolute atomic E-state index is 12.1. The van der Waals surface area contributed by atoms with Crippen LogP contribution < -0.4 is 16.0 Å². The van der Waals surface area contributed by atoms with Crippen LogP contribution >= 0.6 is 12.2 Å². The van der Waals surface area contributed by atoms with Crippen LogP contribution in [-0.4, -0.2) is 37.2 Å². The number of hydrogen-bond acceptors (Lipinski definition) is 4. The molecule has 0 atom stereocenters. The average Bonchev–Trinajstić information content (AvgIpc) is 2.77. The number of rotatable bonds is 17. The number of ether oxygens (including phenoxy) is 1. The lowest BCUT2D eigenvalue weighted by Crippen LogP contribution is -2.34. The number of benzene rings is 1. The summed E-state index contributed by atoms with van der Waals surface area (Å²) in [5.41, 5.74) is 1.17. The molecule has 1 rings (SSSR count). The second-order valence-corrected chi connectivity index (χ2v) is 8.53. The minimum Gasteiger partial charge on any atom is -0.383 e. The number of carbonyl (C=O) groups is 2. The van der Waals surface area contributed by atoms with Gasteiger partial charge in [-0.15, -0.1) is 0 Å². The maximum Gasteiger partial charge on any atom is 0.251 e. The zero-order valence-corrected chi connectivity index (χ0v) is 20.7. The third-order valence-electron chi connectivity index (χ3n) is 5.23. The van der Waals surface area contributed by atoms with Crippen LogP contribution in [0.5, 0.6) is 0 Å². The van der Waals surface area contributed by atoms with Crippen molar-refractivity contribution >= 4 is 34.8 Å². The van der Waals surface area contributed by atoms with Crippen molar-refractivity contribution in [2.24, 2.45) is 0 Å². The van der Waals surface area contributed by atoms with E-state index in [1.165, 1.54) is 57.8 Å². The minimum atomic E-state index is -0.183. The Hall–Kier alpha value is -1.99. The number of amides is 2. The molecular weight excluding hydrogens is 422 g/mol. The van der Waals surface area contributed by atoms with E-state index in [0.29, 0.717) is 30.8 Å². The van der Waals surface area contributed by atoms with Crippen molar-refractivity contribution in [2.75, 3.05) is 25.6 Å². The Bertz CT molecular complexity index is 682. The predicted octanol–water partition coefficient (Wildman–Crippen LogP) is 5.58. The average molecular weight is 464 g/mol. The number of thiocarbonyl (C=S) groups is 1. The van der Waals surface area contributed by atoms with Crippen LogP contribution in [0.4, 0.5) is 5.69 Å². The standard InChI is InChI=1S/C25H41N3O3S/c1-3-4-5-6-7-8-9-10-11-12-13-17-23(29)28-25(32)27-22-16-14-15-21(20-22)24(30)26-18-19-31-2/h14-16,20H,3-13,17-19H2,1-2H3,(H,26,30)(H2,27,28,29,32). The summed E-state index contributed by atoms with van der Waals surface area (Å²) in [4.78, 5) is 24.2. The fourth-order valence-corrected chi connectivity index (χ4v) is 3.64. The summed E-state index contributed by atoms with van der Waals surface area (Å²) >= 11 is 5.23. The van der Waals surface area contributed by atoms with Gasteiger partial charge in [-0.05, 0) is 36.8 Å². The summed E-state index contributed by atoms with van der Waals surface area (Å²) in [5, 5.41) is 8.71. The van der Waals surface area contributed by atoms with Gasteiger partial charge >= 0.3 is 0 Å². The molecule has 3 N–H and O–H groups in total. The van der Waals surface area contributed by atoms with Gasteiger partial charge in [0.1, 0.15) is 0 Å². The smallest absolute Gasteiger partial charge is 0.251 e. The number of nitrogens with one attached hydrogen (secondary N) is 3. The molecule has 0 radical (unpaired) electrons. The quantitative estimate of drug-likeness (QED) is 0.208. The molecule has 0 spiro atoms. The molecule has 0 aliphatic rings. The van der Waals surface area contributed by atoms with Gasteiger partial charge in [-0.2, -0.15) is 0 Å². The lowest BCUT2D eigenvalue weighted by atomic mass is 10.1. The van der Waals surface area contributed by atoms with E-state index >= 15 is 0 Å². The molecule has 1 aromatic rings. The van der Waals surface area contributed by atoms with E-state index in [0.717, 1.165) is 12.8 Å². The molecular formula is C25H41N3O3S. The Kier molecular flexibility index (Phi) is 16.3. The summed E-state index contributed by atoms with van der Waals surface area (Å²) in [6.45, 7) is 3.15. The van der Waals surface area contributed by atoms with E-state index in [4.69, 9.17) is 17.0 Å². The Morgan fingerprint density at radius 1 is 0.938 bits per heavy atom. The summed E-state index contributed by atoms with van der Waals surface area (Å²) in [7, 11) is 1.59. The van der Waals surface area contributed by atoms with Crippen molar-refractivity contribution in [3.63, 3.8) is 0 Å². The van der Waals surface area contributed by atoms with E-state index in [1.807, 2.05) is 0 Å². The van der Waals surface area contributed by atoms with Gasteiger partial charge in [-0.1, -0.05) is 77.2 Å². The first kappa shape index (κ1) is 28.0. The third kappa shape index (κ3) is 14.1. The van der Waals surface area contributed by atoms with Crippen molar-refractivity contribution in [1.82, 2.24) is 10.6 Å². The van der Waals surface area contributed by atoms with Crippen molar-refractivity contribution in [2.45, 2.75) is 84.0 Å². The highest BCUT2D eigenvalue weighted by Gasteiger charge is 2.08. The van der Waals surface area contributed by atoms with Crippen LogP contribution in [0, 0.1) is 0 Å². The molecule has 0 heterocycles. The molecule has 32 heavy (non-hydrogen) atoms. The van der Waals surface area contributed by atoms with E-state index in [1.54, 1.807) is 31.4 Å². The first-order valence-electron chi connectivity index (χ1n) is 12.0. The second-order valence-electron chi connectivity index (χ2n) is 8.12. The van der Waals surface area contributed by atoms with Gasteiger partial charge in [-0.3, -0.25) is 9.59 Å². The van der Waals surface area contributed by atoms with Gasteiger partial charge in [0.25, 0.3) is 5.91 Å². The molecule has 180 valence electrons. The molecule has 0 aliphatic heterocycles. The Morgan fingerprint density at radius 3 is 2.19 bits per heavy atom. The van der Waals surface area contributed by atoms with E-state index in [-0.39, 0.29) is 16.9 Å². The highest BCUT2D eigenvalue weighted by molar-refractivity contribution is 7.80. The zero-order valence-electron chi connectivity index (χ0n) is 19.8. The van der Waals surface area contributed by atoms with Crippen molar-refractivity contribution < 1.29 is 14.3 Å². The molecule has 0 saturated carbocycles. The van der Waals surface area contributed by atoms with Crippen LogP contribution in [0.2, 0.25) is 0 Å². The molecule has 0 bridgehead atoms. The van der Waals surface area contributed by atoms with Crippen LogP contribution in [0.1, 0.15) is 94.3 Å². The monoisotopic (exact) mass is 463 g/mol. The number of unbranched alkanes of at least 4 members (excludes halogenated alkanes) is 10. The topological polar surface area (TPSA) is 79.5 Å². The van der Waals surface area contributed by atoms with E-state index in [9.17, 15) is 9.59 Å². The number of methoxy groups -OCH3 is 1. The molecule has 2 amide bonds. The van der Waals surface area contributed by atoms with E-state index < -0.39 is 0 Å². The zero-order chi connectivity index (χ0) is 23.4. The minimum absolute atomic E-state index is 0.0770. The number of anilines is 1. The molecule has 0 aromatic heterocycles. The normalized spacial score (nSPS) is 10.6. The van der Waals surface area contributed by atoms with Crippen molar-refractivity contribution in [3.8, 4) is 0 Å². The predicted molar refractivity (Wildman–Crippen MR) is 136 cm³/mol. The summed E-state index contributed by atoms with van der Waals surface area (Å²) in [6, 6.07) is 6.99. The largest absolute Gasteiger partial charge is 0.383 e. The third-order valence-corrected chi connectivity index (χ3v) is 5.44. The lowest BCUT2D eigenvalue weighted by molar-refractivity contribution is -0.119. The molecule has 0 saturated heterocycles. The van der Waals surface area contributed by atoms with Crippen LogP contribution in [0.15, 0.2) is 24.3 Å². The van der Waals surface area contributed by atoms with Gasteiger partial charge < -0.3 is 20.7 Å². The lowest BCUT2D eigenvalue weighted by Gasteiger charge is -2.11. The number of carbonyl (C=O) groups excluding carboxylic acids is 2. The molecule has 0 fully saturated rings. The summed E-state index contributed by atoms with van der Waals surface area (Å²) < 4.78 is 4.93. The highest BCUT2D eigenvalue weighted by Crippen LogP contribution is 2.12. The van der Waals surface area contributed by atoms with E-state index in [2.05, 4.69) is 22.9 Å². The molecule has 0 unspecified atom stereocenters. The van der Waals surface area contributed by atoms with Gasteiger partial charge in [-0.25, -0.2) is 0 Å². The second kappa shape index (κ2) is 18.6. The van der Waals surface area contributed by atoms with Crippen LogP contribution in [0.3, 0.4) is 0 Å². The van der Waals surface area contributed by atoms with Crippen LogP contribution in [-0.2, 0) is 9.53 Å². The first-order valence-corrected chi connectivity index (χ1v) is 12.5. The highest BCUT2D eigenvalue weighted by atomic mass is 32.1. The van der Waals surface area contributed by atoms with Gasteiger partial charge in [0, 0.05) is 31.3 Å². The van der Waals surface area contributed by atoms with Crippen molar-refractivity contribution in [1.29, 1.82) is 0 Å². The van der Waals surface area contributed by atoms with Gasteiger partial charge in [0.05, 0.1) is 6.61 Å². The van der Waals surface area contributed by atoms with Gasteiger partial charge in [0.15, 0.2) is 5.11 Å². The molecule has 6 nitrogen and oxygen atoms in total. The molecule has 1 aromatic carbocycles. The van der Waals surface area contributed by atoms with Crippen LogP contribution in [0.25, 0.3) is 0 Å². The number of hydrogen-bond donors (Lipinski definition) is 3. The van der Waals surface area contributed by atoms with Gasteiger partial charge in [0.2, 0.25) is 5.91 Å². The Balaban J connectivity index is 2.16. The summed E-state index contributed by atoms with van der Waals surface area (Å²) in [6.07, 6.45) is 14.3.